The molecule has 6 atom stereocenters. The number of carbonyl (C=O) groups is 2. The van der Waals surface area contributed by atoms with Crippen molar-refractivity contribution in [3.8, 4) is 17.3 Å². The van der Waals surface area contributed by atoms with Gasteiger partial charge in [-0.2, -0.15) is 0 Å². The molecule has 2 amide bonds. The zero-order valence-corrected chi connectivity index (χ0v) is 26.5. The Kier molecular flexibility index (Phi) is 6.89. The van der Waals surface area contributed by atoms with Crippen LogP contribution in [0.2, 0.25) is 0 Å². The Bertz CT molecular complexity index is 1820. The number of methoxy groups -OCH3 is 1. The molecular formula is C35H43N7O3. The van der Waals surface area contributed by atoms with E-state index in [0.717, 1.165) is 97.2 Å². The van der Waals surface area contributed by atoms with E-state index in [4.69, 9.17) is 20.4 Å². The van der Waals surface area contributed by atoms with Crippen LogP contribution in [0.5, 0.6) is 5.75 Å². The summed E-state index contributed by atoms with van der Waals surface area (Å²) in [6.45, 7) is 3.44. The minimum Gasteiger partial charge on any atom is -0.494 e. The predicted molar refractivity (Wildman–Crippen MR) is 173 cm³/mol. The van der Waals surface area contributed by atoms with Crippen molar-refractivity contribution in [1.29, 1.82) is 0 Å². The number of ether oxygens (including phenoxy) is 1. The van der Waals surface area contributed by atoms with Crippen LogP contribution in [0.1, 0.15) is 80.4 Å². The number of piperidine rings is 1. The molecule has 8 rings (SSSR count). The highest BCUT2D eigenvalue weighted by Crippen LogP contribution is 2.43. The van der Waals surface area contributed by atoms with Gasteiger partial charge >= 0.3 is 0 Å². The highest BCUT2D eigenvalue weighted by Gasteiger charge is 2.43. The minimum absolute atomic E-state index is 0.000865. The fourth-order valence-electron chi connectivity index (χ4n) is 8.35. The quantitative estimate of drug-likeness (QED) is 0.340. The molecular weight excluding hydrogens is 566 g/mol. The van der Waals surface area contributed by atoms with Gasteiger partial charge in [-0.15, -0.1) is 0 Å². The number of rotatable bonds is 3. The first-order valence-electron chi connectivity index (χ1n) is 16.7. The maximum absolute atomic E-state index is 13.9. The third-order valence-corrected chi connectivity index (χ3v) is 11.1. The van der Waals surface area contributed by atoms with Gasteiger partial charge in [0.15, 0.2) is 5.82 Å². The maximum Gasteiger partial charge on any atom is 0.254 e. The Balaban J connectivity index is 1.19. The molecule has 0 spiro atoms. The Labute approximate surface area is 263 Å². The summed E-state index contributed by atoms with van der Waals surface area (Å²) in [6.07, 6.45) is 8.47. The van der Waals surface area contributed by atoms with Gasteiger partial charge in [0.25, 0.3) is 5.91 Å². The van der Waals surface area contributed by atoms with E-state index in [-0.39, 0.29) is 35.9 Å². The van der Waals surface area contributed by atoms with Crippen molar-refractivity contribution in [2.24, 2.45) is 30.5 Å². The molecule has 3 N–H and O–H groups in total. The van der Waals surface area contributed by atoms with Crippen LogP contribution in [0.3, 0.4) is 0 Å². The average Bonchev–Trinajstić information content (AvgIpc) is 3.37. The Morgan fingerprint density at radius 3 is 2.76 bits per heavy atom. The largest absolute Gasteiger partial charge is 0.494 e. The van der Waals surface area contributed by atoms with Gasteiger partial charge in [-0.05, 0) is 87.6 Å². The smallest absolute Gasteiger partial charge is 0.254 e. The van der Waals surface area contributed by atoms with Crippen molar-refractivity contribution in [3.05, 3.63) is 41.6 Å². The van der Waals surface area contributed by atoms with Crippen LogP contribution in [0.15, 0.2) is 30.3 Å². The predicted octanol–water partition coefficient (Wildman–Crippen LogP) is 4.94. The van der Waals surface area contributed by atoms with Crippen LogP contribution in [0.25, 0.3) is 33.6 Å². The van der Waals surface area contributed by atoms with E-state index in [1.165, 1.54) is 0 Å². The van der Waals surface area contributed by atoms with Gasteiger partial charge in [-0.1, -0.05) is 12.8 Å². The van der Waals surface area contributed by atoms with Gasteiger partial charge in [-0.3, -0.25) is 9.59 Å². The molecule has 4 bridgehead atoms. The highest BCUT2D eigenvalue weighted by molar-refractivity contribution is 6.00. The number of fused-ring (bicyclic) bond motifs is 5. The van der Waals surface area contributed by atoms with E-state index in [0.29, 0.717) is 29.7 Å². The van der Waals surface area contributed by atoms with E-state index in [9.17, 15) is 9.59 Å². The number of aryl methyl sites for hydroxylation is 2. The molecule has 2 saturated carbocycles. The Morgan fingerprint density at radius 1 is 1.04 bits per heavy atom. The van der Waals surface area contributed by atoms with Crippen molar-refractivity contribution in [1.82, 2.24) is 29.3 Å². The second-order valence-electron chi connectivity index (χ2n) is 13.9. The fourth-order valence-corrected chi connectivity index (χ4v) is 8.35. The number of likely N-dealkylation sites (tertiary alicyclic amines) is 1. The third kappa shape index (κ3) is 4.80. The van der Waals surface area contributed by atoms with Crippen molar-refractivity contribution in [2.75, 3.05) is 13.7 Å². The van der Waals surface area contributed by atoms with Crippen molar-refractivity contribution < 1.29 is 14.3 Å². The van der Waals surface area contributed by atoms with Crippen LogP contribution in [0, 0.1) is 17.8 Å². The minimum atomic E-state index is -0.168. The van der Waals surface area contributed by atoms with E-state index in [2.05, 4.69) is 26.6 Å². The molecule has 10 heteroatoms. The molecule has 1 saturated heterocycles. The van der Waals surface area contributed by atoms with Gasteiger partial charge in [0.2, 0.25) is 5.91 Å². The SMILES string of the molecule is COc1cc(C(=O)N2C[C@H](N)[C@@H]3CC[C@H]2C3)cc2nc(-c3cc4ccc5nc4n3CCCCC[C@@H]3C[C@H]3C(=O)N[C@@H]5C)n(C)c12. The molecule has 0 unspecified atom stereocenters. The second kappa shape index (κ2) is 10.9. The summed E-state index contributed by atoms with van der Waals surface area (Å²) in [5.41, 5.74) is 11.4. The molecule has 3 aromatic heterocycles. The number of imidazole rings is 1. The standard InChI is InChI=1S/C35H43N7O3/c1-19-27-11-9-22-16-29(41(32(22)38-27)12-6-4-5-7-20-14-25(20)34(43)37-19)33-39-28-15-23(17-30(45-3)31(28)40(33)2)35(44)42-18-26(36)21-8-10-24(42)13-21/h9,11,15-17,19-21,24-26H,4-8,10,12-14,18,36H2,1-3H3,(H,37,43)/t19-,20-,21-,24+,25-,26+/m1/s1. The fraction of sp³-hybridized carbons (Fsp3) is 0.543. The Hall–Kier alpha value is -3.92. The number of nitrogens with zero attached hydrogens (tertiary/aromatic N) is 5. The molecule has 0 radical (unpaired) electrons. The zero-order chi connectivity index (χ0) is 31.0. The molecule has 45 heavy (non-hydrogen) atoms. The second-order valence-corrected chi connectivity index (χ2v) is 13.9. The molecule has 4 aromatic rings. The van der Waals surface area contributed by atoms with E-state index < -0.39 is 0 Å². The molecule has 2 aliphatic carbocycles. The molecule has 5 heterocycles. The van der Waals surface area contributed by atoms with Crippen molar-refractivity contribution in [3.63, 3.8) is 0 Å². The van der Waals surface area contributed by atoms with E-state index in [1.807, 2.05) is 37.1 Å². The van der Waals surface area contributed by atoms with Gasteiger partial charge in [0.1, 0.15) is 16.9 Å². The third-order valence-electron chi connectivity index (χ3n) is 11.1. The van der Waals surface area contributed by atoms with Crippen molar-refractivity contribution >= 4 is 33.9 Å². The van der Waals surface area contributed by atoms with Crippen LogP contribution < -0.4 is 15.8 Å². The van der Waals surface area contributed by atoms with Crippen LogP contribution in [-0.2, 0) is 18.4 Å². The topological polar surface area (TPSA) is 120 Å². The van der Waals surface area contributed by atoms with Gasteiger partial charge in [0.05, 0.1) is 30.1 Å². The van der Waals surface area contributed by atoms with Gasteiger partial charge in [-0.25, -0.2) is 9.97 Å². The van der Waals surface area contributed by atoms with Crippen molar-refractivity contribution in [2.45, 2.75) is 83.0 Å². The van der Waals surface area contributed by atoms with E-state index >= 15 is 0 Å². The summed E-state index contributed by atoms with van der Waals surface area (Å²) >= 11 is 0. The summed E-state index contributed by atoms with van der Waals surface area (Å²) in [5.74, 6) is 2.79. The zero-order valence-electron chi connectivity index (χ0n) is 26.5. The summed E-state index contributed by atoms with van der Waals surface area (Å²) in [7, 11) is 3.66. The number of benzene rings is 1. The normalized spacial score (nSPS) is 28.3. The number of nitrogens with two attached hydrogens (primary N) is 1. The maximum atomic E-state index is 13.9. The summed E-state index contributed by atoms with van der Waals surface area (Å²) in [5, 5.41) is 4.25. The molecule has 4 aliphatic rings. The summed E-state index contributed by atoms with van der Waals surface area (Å²) in [4.78, 5) is 39.0. The first kappa shape index (κ1) is 28.5. The lowest BCUT2D eigenvalue weighted by Crippen LogP contribution is -2.51. The van der Waals surface area contributed by atoms with Crippen LogP contribution in [-0.4, -0.2) is 61.6 Å². The number of hydrogen-bond acceptors (Lipinski definition) is 6. The summed E-state index contributed by atoms with van der Waals surface area (Å²) in [6, 6.07) is 10.2. The Morgan fingerprint density at radius 2 is 1.91 bits per heavy atom. The molecule has 2 aliphatic heterocycles. The first-order valence-corrected chi connectivity index (χ1v) is 16.7. The van der Waals surface area contributed by atoms with Crippen LogP contribution in [0.4, 0.5) is 0 Å². The monoisotopic (exact) mass is 609 g/mol. The number of amides is 2. The number of carbonyl (C=O) groups excluding carboxylic acids is 2. The van der Waals surface area contributed by atoms with Crippen LogP contribution >= 0.6 is 0 Å². The van der Waals surface area contributed by atoms with E-state index in [1.54, 1.807) is 7.11 Å². The molecule has 236 valence electrons. The lowest BCUT2D eigenvalue weighted by molar-refractivity contribution is -0.123. The lowest BCUT2D eigenvalue weighted by atomic mass is 9.94. The number of hydrogen-bond donors (Lipinski definition) is 2. The number of aromatic nitrogens is 4. The number of nitrogens with one attached hydrogen (secondary N) is 1. The number of pyridine rings is 1. The lowest BCUT2D eigenvalue weighted by Gasteiger charge is -2.37. The molecule has 10 nitrogen and oxygen atoms in total. The van der Waals surface area contributed by atoms with Gasteiger partial charge in [0, 0.05) is 49.1 Å². The molecule has 3 fully saturated rings. The average molecular weight is 610 g/mol. The molecule has 1 aromatic carbocycles. The summed E-state index contributed by atoms with van der Waals surface area (Å²) < 4.78 is 10.2. The first-order chi connectivity index (χ1) is 21.8. The van der Waals surface area contributed by atoms with Gasteiger partial charge < -0.3 is 29.8 Å². The highest BCUT2D eigenvalue weighted by atomic mass is 16.5.